The van der Waals surface area contributed by atoms with Gasteiger partial charge in [0, 0.05) is 32.9 Å². The minimum absolute atomic E-state index is 0.174. The van der Waals surface area contributed by atoms with E-state index in [2.05, 4.69) is 22.6 Å². The number of halogens is 1. The van der Waals surface area contributed by atoms with Crippen LogP contribution in [-0.2, 0) is 16.5 Å². The molecule has 1 amide bonds. The molecule has 32 heavy (non-hydrogen) atoms. The molecule has 0 atom stereocenters. The molecule has 4 rings (SSSR count). The number of aryl methyl sites for hydroxylation is 1. The van der Waals surface area contributed by atoms with Crippen LogP contribution in [0.2, 0.25) is 0 Å². The van der Waals surface area contributed by atoms with Gasteiger partial charge in [0.2, 0.25) is 5.88 Å². The lowest BCUT2D eigenvalue weighted by atomic mass is 9.99. The van der Waals surface area contributed by atoms with Gasteiger partial charge in [0.15, 0.2) is 0 Å². The Labute approximate surface area is 203 Å². The average molecular weight is 556 g/mol. The molecule has 2 aliphatic rings. The zero-order valence-corrected chi connectivity index (χ0v) is 21.6. The van der Waals surface area contributed by atoms with Crippen LogP contribution in [0.1, 0.15) is 59.3 Å². The lowest BCUT2D eigenvalue weighted by Crippen LogP contribution is -2.41. The Morgan fingerprint density at radius 2 is 1.91 bits per heavy atom. The summed E-state index contributed by atoms with van der Waals surface area (Å²) in [5, 5.41) is 4.70. The molecule has 0 bridgehead atoms. The van der Waals surface area contributed by atoms with E-state index in [9.17, 15) is 4.79 Å². The number of amides is 1. The van der Waals surface area contributed by atoms with Crippen LogP contribution in [0.25, 0.3) is 11.0 Å². The highest BCUT2D eigenvalue weighted by molar-refractivity contribution is 14.1. The second-order valence-corrected chi connectivity index (χ2v) is 10.8. The van der Waals surface area contributed by atoms with Crippen molar-refractivity contribution in [1.29, 1.82) is 0 Å². The van der Waals surface area contributed by atoms with Crippen LogP contribution in [0, 0.1) is 9.62 Å². The number of carbonyl (C=O) groups is 1. The van der Waals surface area contributed by atoms with E-state index in [1.54, 1.807) is 9.58 Å². The molecule has 1 aliphatic heterocycles. The Bertz CT molecular complexity index is 959. The first-order chi connectivity index (χ1) is 15.2. The van der Waals surface area contributed by atoms with Gasteiger partial charge in [-0.2, -0.15) is 5.10 Å². The first kappa shape index (κ1) is 23.5. The van der Waals surface area contributed by atoms with Gasteiger partial charge in [0.25, 0.3) is 0 Å². The Balaban J connectivity index is 1.76. The number of hydrogen-bond donors (Lipinski definition) is 0. The molecule has 2 aromatic rings. The van der Waals surface area contributed by atoms with E-state index in [-0.39, 0.29) is 12.2 Å². The molecule has 1 aliphatic carbocycles. The molecule has 2 fully saturated rings. The largest absolute Gasteiger partial charge is 0.474 e. The number of nitrogens with zero attached hydrogens (tertiary/aromatic N) is 4. The van der Waals surface area contributed by atoms with Crippen molar-refractivity contribution in [2.45, 2.75) is 71.0 Å². The van der Waals surface area contributed by atoms with Gasteiger partial charge in [-0.1, -0.05) is 0 Å². The van der Waals surface area contributed by atoms with E-state index in [4.69, 9.17) is 24.3 Å². The van der Waals surface area contributed by atoms with Crippen molar-refractivity contribution in [2.75, 3.05) is 24.7 Å². The van der Waals surface area contributed by atoms with Gasteiger partial charge in [0.1, 0.15) is 26.4 Å². The smallest absolute Gasteiger partial charge is 0.414 e. The normalized spacial score (nSPS) is 18.3. The van der Waals surface area contributed by atoms with Crippen molar-refractivity contribution >= 4 is 45.4 Å². The zero-order valence-electron chi connectivity index (χ0n) is 19.4. The van der Waals surface area contributed by atoms with E-state index in [0.29, 0.717) is 29.5 Å². The Morgan fingerprint density at radius 3 is 2.56 bits per heavy atom. The Morgan fingerprint density at radius 1 is 1.22 bits per heavy atom. The fourth-order valence-electron chi connectivity index (χ4n) is 4.31. The van der Waals surface area contributed by atoms with E-state index >= 15 is 0 Å². The first-order valence-electron chi connectivity index (χ1n) is 11.5. The number of ether oxygens (including phenoxy) is 3. The molecule has 0 radical (unpaired) electrons. The van der Waals surface area contributed by atoms with Crippen molar-refractivity contribution < 1.29 is 19.0 Å². The monoisotopic (exact) mass is 556 g/mol. The molecular formula is C23H33IN4O4. The number of aromatic nitrogens is 3. The van der Waals surface area contributed by atoms with Gasteiger partial charge in [-0.3, -0.25) is 9.58 Å². The third kappa shape index (κ3) is 5.47. The highest BCUT2D eigenvalue weighted by Crippen LogP contribution is 2.35. The molecule has 3 heterocycles. The molecule has 1 saturated carbocycles. The maximum atomic E-state index is 13.4. The highest BCUT2D eigenvalue weighted by Gasteiger charge is 2.31. The summed E-state index contributed by atoms with van der Waals surface area (Å²) in [6.07, 6.45) is 6.07. The van der Waals surface area contributed by atoms with Gasteiger partial charge in [-0.25, -0.2) is 9.78 Å². The summed E-state index contributed by atoms with van der Waals surface area (Å²) in [6, 6.07) is 1.87. The third-order valence-electron chi connectivity index (χ3n) is 5.95. The van der Waals surface area contributed by atoms with E-state index in [0.717, 1.165) is 48.1 Å². The maximum absolute atomic E-state index is 13.4. The second kappa shape index (κ2) is 9.70. The number of carbonyl (C=O) groups excluding carboxylic acids is 1. The molecule has 9 heteroatoms. The van der Waals surface area contributed by atoms with Gasteiger partial charge in [-0.05, 0) is 87.8 Å². The SMILES string of the molecule is Cn1nc2c(N(CC3CCOCC3)C(=O)OC(C)(C)C)cc(OC3CCCC3)nc2c1I. The molecule has 0 N–H and O–H groups in total. The van der Waals surface area contributed by atoms with Crippen molar-refractivity contribution in [2.24, 2.45) is 13.0 Å². The Kier molecular flexibility index (Phi) is 7.14. The molecule has 0 unspecified atom stereocenters. The summed E-state index contributed by atoms with van der Waals surface area (Å²) in [5.41, 5.74) is 1.54. The summed E-state index contributed by atoms with van der Waals surface area (Å²) in [5.74, 6) is 0.882. The maximum Gasteiger partial charge on any atom is 0.414 e. The lowest BCUT2D eigenvalue weighted by molar-refractivity contribution is 0.0515. The van der Waals surface area contributed by atoms with Crippen LogP contribution in [-0.4, -0.2) is 52.3 Å². The molecule has 0 aromatic carbocycles. The molecule has 0 spiro atoms. The van der Waals surface area contributed by atoms with Crippen LogP contribution in [0.15, 0.2) is 6.07 Å². The quantitative estimate of drug-likeness (QED) is 0.479. The van der Waals surface area contributed by atoms with Crippen LogP contribution in [0.4, 0.5) is 10.5 Å². The van der Waals surface area contributed by atoms with Gasteiger partial charge in [-0.15, -0.1) is 0 Å². The number of fused-ring (bicyclic) bond motifs is 1. The number of pyridine rings is 1. The standard InChI is InChI=1S/C23H33IN4O4/c1-23(2,3)32-22(29)28(14-15-9-11-30-12-10-15)17-13-18(31-16-7-5-6-8-16)25-20-19(17)26-27(4)21(20)24/h13,15-16H,5-12,14H2,1-4H3. The van der Waals surface area contributed by atoms with Gasteiger partial charge in [0.05, 0.1) is 5.69 Å². The van der Waals surface area contributed by atoms with Crippen molar-refractivity contribution in [3.05, 3.63) is 9.77 Å². The van der Waals surface area contributed by atoms with Gasteiger partial charge >= 0.3 is 6.09 Å². The highest BCUT2D eigenvalue weighted by atomic mass is 127. The Hall–Kier alpha value is -1.62. The van der Waals surface area contributed by atoms with Crippen LogP contribution < -0.4 is 9.64 Å². The van der Waals surface area contributed by atoms with Crippen LogP contribution in [0.5, 0.6) is 5.88 Å². The molecule has 2 aromatic heterocycles. The topological polar surface area (TPSA) is 78.7 Å². The van der Waals surface area contributed by atoms with E-state index in [1.807, 2.05) is 33.9 Å². The first-order valence-corrected chi connectivity index (χ1v) is 12.6. The molecule has 176 valence electrons. The minimum atomic E-state index is -0.598. The van der Waals surface area contributed by atoms with Gasteiger partial charge < -0.3 is 14.2 Å². The fraction of sp³-hybridized carbons (Fsp3) is 0.696. The average Bonchev–Trinajstić information content (AvgIpc) is 3.34. The summed E-state index contributed by atoms with van der Waals surface area (Å²) < 4.78 is 20.3. The summed E-state index contributed by atoms with van der Waals surface area (Å²) in [6.45, 7) is 7.65. The summed E-state index contributed by atoms with van der Waals surface area (Å²) >= 11 is 2.25. The summed E-state index contributed by atoms with van der Waals surface area (Å²) in [4.78, 5) is 19.9. The minimum Gasteiger partial charge on any atom is -0.474 e. The van der Waals surface area contributed by atoms with E-state index in [1.165, 1.54) is 12.8 Å². The van der Waals surface area contributed by atoms with Crippen LogP contribution in [0.3, 0.4) is 0 Å². The van der Waals surface area contributed by atoms with E-state index < -0.39 is 5.60 Å². The zero-order chi connectivity index (χ0) is 22.9. The molecular weight excluding hydrogens is 523 g/mol. The van der Waals surface area contributed by atoms with Crippen molar-refractivity contribution in [3.8, 4) is 5.88 Å². The molecule has 1 saturated heterocycles. The second-order valence-electron chi connectivity index (χ2n) is 9.76. The number of rotatable bonds is 5. The van der Waals surface area contributed by atoms with Crippen LogP contribution >= 0.6 is 22.6 Å². The molecule has 8 nitrogen and oxygen atoms in total. The predicted molar refractivity (Wildman–Crippen MR) is 131 cm³/mol. The third-order valence-corrected chi connectivity index (χ3v) is 7.16. The fourth-order valence-corrected chi connectivity index (χ4v) is 4.79. The van der Waals surface area contributed by atoms with Crippen molar-refractivity contribution in [1.82, 2.24) is 14.8 Å². The number of anilines is 1. The predicted octanol–water partition coefficient (Wildman–Crippen LogP) is 5.06. The van der Waals surface area contributed by atoms with Crippen molar-refractivity contribution in [3.63, 3.8) is 0 Å². The lowest BCUT2D eigenvalue weighted by Gasteiger charge is -2.32. The number of hydrogen-bond acceptors (Lipinski definition) is 6. The summed E-state index contributed by atoms with van der Waals surface area (Å²) in [7, 11) is 1.89.